The first-order chi connectivity index (χ1) is 9.28. The smallest absolute Gasteiger partial charge is 0.0946 e. The third-order valence-corrected chi connectivity index (χ3v) is 4.83. The lowest BCUT2D eigenvalue weighted by Crippen LogP contribution is -2.53. The van der Waals surface area contributed by atoms with Crippen LogP contribution in [0.25, 0.3) is 0 Å². The largest absolute Gasteiger partial charge is 0.336 e. The van der Waals surface area contributed by atoms with Gasteiger partial charge in [-0.1, -0.05) is 6.92 Å². The quantitative estimate of drug-likeness (QED) is 0.879. The number of rotatable bonds is 5. The zero-order valence-electron chi connectivity index (χ0n) is 12.1. The van der Waals surface area contributed by atoms with E-state index in [9.17, 15) is 0 Å². The number of hydrogen-bond acceptors (Lipinski definition) is 3. The average molecular weight is 262 g/mol. The van der Waals surface area contributed by atoms with Crippen LogP contribution in [0.15, 0.2) is 18.7 Å². The first kappa shape index (κ1) is 13.1. The fourth-order valence-corrected chi connectivity index (χ4v) is 4.18. The first-order valence-corrected chi connectivity index (χ1v) is 7.74. The van der Waals surface area contributed by atoms with Crippen molar-refractivity contribution >= 4 is 0 Å². The average Bonchev–Trinajstić information content (AvgIpc) is 2.97. The Hall–Kier alpha value is -0.870. The minimum absolute atomic E-state index is 0.620. The lowest BCUT2D eigenvalue weighted by Gasteiger charge is -2.42. The Bertz CT molecular complexity index is 375. The molecule has 2 saturated heterocycles. The molecule has 0 amide bonds. The molecule has 0 aliphatic carbocycles. The number of imidazole rings is 1. The molecule has 2 bridgehead atoms. The van der Waals surface area contributed by atoms with E-state index in [1.807, 2.05) is 12.5 Å². The standard InChI is InChI=1S/C15H26N4/c1-3-17-13-8-14-4-5-15(9-13)19(14)12(2)10-18-7-6-16-11-18/h6-7,11-15,17H,3-5,8-10H2,1-2H3. The molecule has 19 heavy (non-hydrogen) atoms. The van der Waals surface area contributed by atoms with Crippen molar-refractivity contribution in [3.8, 4) is 0 Å². The van der Waals surface area contributed by atoms with Gasteiger partial charge in [0.05, 0.1) is 6.33 Å². The van der Waals surface area contributed by atoms with Gasteiger partial charge < -0.3 is 9.88 Å². The molecule has 2 aliphatic heterocycles. The Morgan fingerprint density at radius 1 is 1.32 bits per heavy atom. The summed E-state index contributed by atoms with van der Waals surface area (Å²) in [6.07, 6.45) is 11.3. The summed E-state index contributed by atoms with van der Waals surface area (Å²) in [6, 6.07) is 2.95. The van der Waals surface area contributed by atoms with Crippen LogP contribution in [-0.4, -0.2) is 45.2 Å². The van der Waals surface area contributed by atoms with Crippen LogP contribution >= 0.6 is 0 Å². The van der Waals surface area contributed by atoms with Gasteiger partial charge in [-0.15, -0.1) is 0 Å². The lowest BCUT2D eigenvalue weighted by molar-refractivity contribution is 0.0698. The normalized spacial score (nSPS) is 32.6. The zero-order chi connectivity index (χ0) is 13.2. The maximum atomic E-state index is 4.14. The van der Waals surface area contributed by atoms with E-state index in [4.69, 9.17) is 0 Å². The molecule has 1 aromatic heterocycles. The molecule has 3 unspecified atom stereocenters. The molecule has 106 valence electrons. The summed E-state index contributed by atoms with van der Waals surface area (Å²) >= 11 is 0. The molecule has 3 atom stereocenters. The van der Waals surface area contributed by atoms with Gasteiger partial charge in [0.15, 0.2) is 0 Å². The third kappa shape index (κ3) is 2.70. The fourth-order valence-electron chi connectivity index (χ4n) is 4.18. The molecule has 0 saturated carbocycles. The highest BCUT2D eigenvalue weighted by Crippen LogP contribution is 2.37. The number of fused-ring (bicyclic) bond motifs is 2. The molecule has 4 heteroatoms. The van der Waals surface area contributed by atoms with Crippen molar-refractivity contribution in [2.24, 2.45) is 0 Å². The molecule has 3 rings (SSSR count). The van der Waals surface area contributed by atoms with Gasteiger partial charge in [-0.25, -0.2) is 4.98 Å². The number of aromatic nitrogens is 2. The van der Waals surface area contributed by atoms with Crippen LogP contribution in [0.4, 0.5) is 0 Å². The topological polar surface area (TPSA) is 33.1 Å². The van der Waals surface area contributed by atoms with Crippen molar-refractivity contribution in [1.82, 2.24) is 19.8 Å². The zero-order valence-corrected chi connectivity index (χ0v) is 12.1. The minimum Gasteiger partial charge on any atom is -0.336 e. The molecule has 0 radical (unpaired) electrons. The van der Waals surface area contributed by atoms with Crippen LogP contribution in [0.3, 0.4) is 0 Å². The van der Waals surface area contributed by atoms with Gasteiger partial charge >= 0.3 is 0 Å². The SMILES string of the molecule is CCNC1CC2CCC(C1)N2C(C)Cn1ccnc1. The maximum Gasteiger partial charge on any atom is 0.0946 e. The van der Waals surface area contributed by atoms with Crippen molar-refractivity contribution in [3.05, 3.63) is 18.7 Å². The fraction of sp³-hybridized carbons (Fsp3) is 0.800. The summed E-state index contributed by atoms with van der Waals surface area (Å²) < 4.78 is 2.21. The van der Waals surface area contributed by atoms with E-state index in [-0.39, 0.29) is 0 Å². The molecule has 4 nitrogen and oxygen atoms in total. The maximum absolute atomic E-state index is 4.14. The molecule has 0 spiro atoms. The molecule has 0 aromatic carbocycles. The van der Waals surface area contributed by atoms with Crippen LogP contribution in [0, 0.1) is 0 Å². The van der Waals surface area contributed by atoms with Gasteiger partial charge in [0.2, 0.25) is 0 Å². The van der Waals surface area contributed by atoms with Crippen LogP contribution < -0.4 is 5.32 Å². The molecule has 3 heterocycles. The van der Waals surface area contributed by atoms with Crippen molar-refractivity contribution in [3.63, 3.8) is 0 Å². The molecule has 1 N–H and O–H groups in total. The van der Waals surface area contributed by atoms with E-state index in [0.29, 0.717) is 6.04 Å². The predicted octanol–water partition coefficient (Wildman–Crippen LogP) is 1.88. The van der Waals surface area contributed by atoms with Gasteiger partial charge in [-0.05, 0) is 39.2 Å². The summed E-state index contributed by atoms with van der Waals surface area (Å²) in [5.41, 5.74) is 0. The Kier molecular flexibility index (Phi) is 3.89. The molecular weight excluding hydrogens is 236 g/mol. The highest BCUT2D eigenvalue weighted by molar-refractivity contribution is 4.99. The van der Waals surface area contributed by atoms with Crippen molar-refractivity contribution in [1.29, 1.82) is 0 Å². The number of nitrogens with zero attached hydrogens (tertiary/aromatic N) is 3. The second-order valence-electron chi connectivity index (χ2n) is 6.17. The highest BCUT2D eigenvalue weighted by atomic mass is 15.3. The van der Waals surface area contributed by atoms with Crippen LogP contribution in [-0.2, 0) is 6.54 Å². The lowest BCUT2D eigenvalue weighted by atomic mass is 9.95. The van der Waals surface area contributed by atoms with Crippen LogP contribution in [0.5, 0.6) is 0 Å². The van der Waals surface area contributed by atoms with E-state index in [0.717, 1.165) is 31.2 Å². The predicted molar refractivity (Wildman–Crippen MR) is 77.0 cm³/mol. The van der Waals surface area contributed by atoms with Crippen molar-refractivity contribution in [2.75, 3.05) is 6.54 Å². The Morgan fingerprint density at radius 3 is 2.63 bits per heavy atom. The third-order valence-electron chi connectivity index (χ3n) is 4.83. The summed E-state index contributed by atoms with van der Waals surface area (Å²) in [5, 5.41) is 3.65. The van der Waals surface area contributed by atoms with Crippen LogP contribution in [0.2, 0.25) is 0 Å². The summed E-state index contributed by atoms with van der Waals surface area (Å²) in [4.78, 5) is 6.93. The molecule has 1 aromatic rings. The number of hydrogen-bond donors (Lipinski definition) is 1. The first-order valence-electron chi connectivity index (χ1n) is 7.74. The van der Waals surface area contributed by atoms with E-state index in [2.05, 4.69) is 39.8 Å². The Balaban J connectivity index is 1.63. The van der Waals surface area contributed by atoms with Gasteiger partial charge in [-0.2, -0.15) is 0 Å². The van der Waals surface area contributed by atoms with E-state index < -0.39 is 0 Å². The molecule has 2 aliphatic rings. The van der Waals surface area contributed by atoms with Crippen molar-refractivity contribution in [2.45, 2.75) is 70.2 Å². The van der Waals surface area contributed by atoms with Gasteiger partial charge in [-0.3, -0.25) is 4.90 Å². The monoisotopic (exact) mass is 262 g/mol. The van der Waals surface area contributed by atoms with Crippen LogP contribution in [0.1, 0.15) is 39.5 Å². The summed E-state index contributed by atoms with van der Waals surface area (Å²) in [6.45, 7) is 6.77. The second-order valence-corrected chi connectivity index (χ2v) is 6.17. The molecular formula is C15H26N4. The second kappa shape index (κ2) is 5.63. The number of piperidine rings is 1. The summed E-state index contributed by atoms with van der Waals surface area (Å²) in [7, 11) is 0. The van der Waals surface area contributed by atoms with Gasteiger partial charge in [0, 0.05) is 43.1 Å². The summed E-state index contributed by atoms with van der Waals surface area (Å²) in [5.74, 6) is 0. The highest BCUT2D eigenvalue weighted by Gasteiger charge is 2.42. The Morgan fingerprint density at radius 2 is 2.05 bits per heavy atom. The van der Waals surface area contributed by atoms with E-state index >= 15 is 0 Å². The van der Waals surface area contributed by atoms with Gasteiger partial charge in [0.25, 0.3) is 0 Å². The molecule has 2 fully saturated rings. The van der Waals surface area contributed by atoms with Gasteiger partial charge in [0.1, 0.15) is 0 Å². The van der Waals surface area contributed by atoms with Crippen molar-refractivity contribution < 1.29 is 0 Å². The van der Waals surface area contributed by atoms with E-state index in [1.165, 1.54) is 25.7 Å². The Labute approximate surface area is 116 Å². The number of nitrogens with one attached hydrogen (secondary N) is 1. The van der Waals surface area contributed by atoms with E-state index in [1.54, 1.807) is 0 Å². The minimum atomic E-state index is 0.620.